The van der Waals surface area contributed by atoms with Crippen molar-refractivity contribution >= 4 is 0 Å². The van der Waals surface area contributed by atoms with Gasteiger partial charge in [-0.1, -0.05) is 0 Å². The van der Waals surface area contributed by atoms with E-state index in [4.69, 9.17) is 0 Å². The van der Waals surface area contributed by atoms with Gasteiger partial charge in [0, 0.05) is 0 Å². The van der Waals surface area contributed by atoms with E-state index >= 15 is 0 Å². The number of halogens is 10. The van der Waals surface area contributed by atoms with E-state index in [1.807, 2.05) is 0 Å². The van der Waals surface area contributed by atoms with Gasteiger partial charge in [0.15, 0.2) is 0 Å². The third-order valence-electron chi connectivity index (χ3n) is 1.93. The van der Waals surface area contributed by atoms with Crippen molar-refractivity contribution in [2.75, 3.05) is 0 Å². The van der Waals surface area contributed by atoms with Crippen molar-refractivity contribution in [2.24, 2.45) is 0 Å². The molecule has 10 heteroatoms. The fourth-order valence-electron chi connectivity index (χ4n) is 0.946. The van der Waals surface area contributed by atoms with E-state index in [0.29, 0.717) is 0 Å². The molecule has 0 atom stereocenters. The maximum absolute atomic E-state index is 12.3. The topological polar surface area (TPSA) is 0 Å². The third kappa shape index (κ3) is 1.07. The summed E-state index contributed by atoms with van der Waals surface area (Å²) in [4.78, 5) is 0. The minimum atomic E-state index is -6.73. The zero-order valence-electron chi connectivity index (χ0n) is 6.78. The molecule has 16 heavy (non-hydrogen) atoms. The summed E-state index contributed by atoms with van der Waals surface area (Å²) >= 11 is 0. The van der Waals surface area contributed by atoms with Crippen molar-refractivity contribution in [3.8, 4) is 0 Å². The molecule has 0 heterocycles. The van der Waals surface area contributed by atoms with Crippen LogP contribution in [0.4, 0.5) is 43.9 Å². The molecule has 0 amide bonds. The Morgan fingerprint density at radius 2 is 0.688 bits per heavy atom. The van der Waals surface area contributed by atoms with Crippen LogP contribution in [-0.2, 0) is 0 Å². The molecule has 0 N–H and O–H groups in total. The van der Waals surface area contributed by atoms with Gasteiger partial charge in [-0.3, -0.25) is 0 Å². The first-order chi connectivity index (χ1) is 6.82. The molecule has 0 saturated heterocycles. The Kier molecular flexibility index (Phi) is 2.32. The average molecular weight is 262 g/mol. The first-order valence-electron chi connectivity index (χ1n) is 3.39. The van der Waals surface area contributed by atoms with Crippen LogP contribution in [0.3, 0.4) is 0 Å². The minimum absolute atomic E-state index is 3.89. The molecule has 0 radical (unpaired) electrons. The zero-order chi connectivity index (χ0) is 13.2. The summed E-state index contributed by atoms with van der Waals surface area (Å²) in [5.41, 5.74) is 0. The summed E-state index contributed by atoms with van der Waals surface area (Å²) in [6.45, 7) is 0. The van der Waals surface area contributed by atoms with Gasteiger partial charge in [0.1, 0.15) is 0 Å². The molecule has 0 spiro atoms. The van der Waals surface area contributed by atoms with Crippen molar-refractivity contribution in [1.82, 2.24) is 0 Å². The lowest BCUT2D eigenvalue weighted by Gasteiger charge is -2.39. The second-order valence-electron chi connectivity index (χ2n) is 2.93. The summed E-state index contributed by atoms with van der Waals surface area (Å²) in [5.74, 6) is -33.9. The zero-order valence-corrected chi connectivity index (χ0v) is 6.78. The predicted octanol–water partition coefficient (Wildman–Crippen LogP) is 3.69. The quantitative estimate of drug-likeness (QED) is 0.584. The monoisotopic (exact) mass is 262 g/mol. The molecule has 1 aliphatic rings. The smallest absolute Gasteiger partial charge is 0.202 e. The summed E-state index contributed by atoms with van der Waals surface area (Å²) in [5, 5.41) is 0. The lowest BCUT2D eigenvalue weighted by atomic mass is 9.90. The average Bonchev–Trinajstić information content (AvgIpc) is 2.12. The molecule has 0 aromatic rings. The van der Waals surface area contributed by atoms with Gasteiger partial charge in [-0.05, 0) is 0 Å². The third-order valence-corrected chi connectivity index (χ3v) is 1.93. The molecule has 0 bridgehead atoms. The van der Waals surface area contributed by atoms with Crippen molar-refractivity contribution in [3.63, 3.8) is 0 Å². The molecule has 1 aliphatic carbocycles. The highest BCUT2D eigenvalue weighted by atomic mass is 19.4. The Bertz CT molecular complexity index is 316. The molecule has 0 saturated carbocycles. The van der Waals surface area contributed by atoms with Crippen LogP contribution in [0, 0.1) is 0 Å². The number of hydrogen-bond donors (Lipinski definition) is 0. The highest BCUT2D eigenvalue weighted by Crippen LogP contribution is 2.62. The highest BCUT2D eigenvalue weighted by molar-refractivity contribution is 5.31. The first kappa shape index (κ1) is 13.1. The van der Waals surface area contributed by atoms with Crippen molar-refractivity contribution in [1.29, 1.82) is 0 Å². The largest absolute Gasteiger partial charge is 0.385 e. The highest BCUT2D eigenvalue weighted by Gasteiger charge is 2.87. The Morgan fingerprint density at radius 3 is 0.875 bits per heavy atom. The molecule has 0 aliphatic heterocycles. The fraction of sp³-hybridized carbons (Fsp3) is 0.667. The minimum Gasteiger partial charge on any atom is -0.202 e. The first-order valence-corrected chi connectivity index (χ1v) is 3.39. The number of hydrogen-bond acceptors (Lipinski definition) is 0. The van der Waals surface area contributed by atoms with Crippen LogP contribution >= 0.6 is 0 Å². The molecular formula is C6F10. The molecule has 0 aromatic heterocycles. The number of alkyl halides is 8. The summed E-state index contributed by atoms with van der Waals surface area (Å²) in [7, 11) is 0. The molecule has 1 rings (SSSR count). The molecule has 0 aromatic carbocycles. The van der Waals surface area contributed by atoms with E-state index in [-0.39, 0.29) is 0 Å². The summed E-state index contributed by atoms with van der Waals surface area (Å²) in [6.07, 6.45) is 0. The van der Waals surface area contributed by atoms with Crippen LogP contribution in [-0.4, -0.2) is 23.7 Å². The van der Waals surface area contributed by atoms with Gasteiger partial charge in [0.2, 0.25) is 11.7 Å². The van der Waals surface area contributed by atoms with Gasteiger partial charge >= 0.3 is 23.7 Å². The number of rotatable bonds is 0. The van der Waals surface area contributed by atoms with E-state index in [1.165, 1.54) is 0 Å². The second kappa shape index (κ2) is 2.83. The van der Waals surface area contributed by atoms with Crippen LogP contribution < -0.4 is 0 Å². The van der Waals surface area contributed by atoms with Crippen LogP contribution in [0.2, 0.25) is 0 Å². The van der Waals surface area contributed by atoms with Gasteiger partial charge in [-0.25, -0.2) is 8.78 Å². The Balaban J connectivity index is 3.64. The molecule has 0 unspecified atom stereocenters. The van der Waals surface area contributed by atoms with E-state index < -0.39 is 35.3 Å². The normalized spacial score (nSPS) is 30.4. The van der Waals surface area contributed by atoms with Gasteiger partial charge in [-0.15, -0.1) is 0 Å². The lowest BCUT2D eigenvalue weighted by molar-refractivity contribution is -0.367. The second-order valence-corrected chi connectivity index (χ2v) is 2.93. The van der Waals surface area contributed by atoms with Crippen molar-refractivity contribution in [3.05, 3.63) is 11.7 Å². The maximum Gasteiger partial charge on any atom is 0.385 e. The standard InChI is InChI=1S/C6F10/c7-1-2(8)4(11,12)6(15,16)5(13,14)3(1,9)10. The van der Waals surface area contributed by atoms with Gasteiger partial charge in [0.25, 0.3) is 0 Å². The summed E-state index contributed by atoms with van der Waals surface area (Å²) < 4.78 is 122. The lowest BCUT2D eigenvalue weighted by Crippen LogP contribution is -2.66. The SMILES string of the molecule is FC1=C(F)C(F)(F)C(F)(F)C(F)(F)C1(F)F. The van der Waals surface area contributed by atoms with Crippen LogP contribution in [0.25, 0.3) is 0 Å². The summed E-state index contributed by atoms with van der Waals surface area (Å²) in [6, 6.07) is 0. The van der Waals surface area contributed by atoms with Gasteiger partial charge < -0.3 is 0 Å². The predicted molar refractivity (Wildman–Crippen MR) is 29.0 cm³/mol. The molecular weight excluding hydrogens is 262 g/mol. The Labute approximate surface area is 80.5 Å². The van der Waals surface area contributed by atoms with E-state index in [2.05, 4.69) is 0 Å². The maximum atomic E-state index is 12.3. The van der Waals surface area contributed by atoms with Crippen LogP contribution in [0.15, 0.2) is 11.7 Å². The van der Waals surface area contributed by atoms with Gasteiger partial charge in [0.05, 0.1) is 0 Å². The Morgan fingerprint density at radius 1 is 0.500 bits per heavy atom. The van der Waals surface area contributed by atoms with Gasteiger partial charge in [-0.2, -0.15) is 35.1 Å². The van der Waals surface area contributed by atoms with Crippen LogP contribution in [0.1, 0.15) is 0 Å². The molecule has 0 nitrogen and oxygen atoms in total. The molecule has 94 valence electrons. The van der Waals surface area contributed by atoms with Crippen molar-refractivity contribution < 1.29 is 43.9 Å². The van der Waals surface area contributed by atoms with E-state index in [9.17, 15) is 43.9 Å². The fourth-order valence-corrected chi connectivity index (χ4v) is 0.946. The number of allylic oxidation sites excluding steroid dienone is 2. The van der Waals surface area contributed by atoms with E-state index in [1.54, 1.807) is 0 Å². The van der Waals surface area contributed by atoms with Crippen LogP contribution in [0.5, 0.6) is 0 Å². The molecule has 0 fully saturated rings. The van der Waals surface area contributed by atoms with E-state index in [0.717, 1.165) is 0 Å². The van der Waals surface area contributed by atoms with Crippen molar-refractivity contribution in [2.45, 2.75) is 23.7 Å². The Hall–Kier alpha value is -0.960.